The minimum Gasteiger partial charge on any atom is -0.453 e. The highest BCUT2D eigenvalue weighted by molar-refractivity contribution is 5.95. The lowest BCUT2D eigenvalue weighted by Crippen LogP contribution is -2.30. The Balaban J connectivity index is 1.86. The van der Waals surface area contributed by atoms with Crippen molar-refractivity contribution in [3.05, 3.63) is 46.3 Å². The van der Waals surface area contributed by atoms with Crippen LogP contribution in [0, 0.1) is 27.7 Å². The summed E-state index contributed by atoms with van der Waals surface area (Å²) in [5.74, 6) is -0.0770. The second-order valence-corrected chi connectivity index (χ2v) is 6.24. The third-order valence-electron chi connectivity index (χ3n) is 4.08. The van der Waals surface area contributed by atoms with Gasteiger partial charge in [-0.3, -0.25) is 9.59 Å². The monoisotopic (exact) mass is 344 g/mol. The van der Waals surface area contributed by atoms with Crippen LogP contribution in [0.2, 0.25) is 0 Å². The molecule has 1 heterocycles. The van der Waals surface area contributed by atoms with E-state index in [-0.39, 0.29) is 12.3 Å². The van der Waals surface area contributed by atoms with E-state index in [1.54, 1.807) is 13.8 Å². The molecule has 0 saturated heterocycles. The standard InChI is InChI=1S/C19H24N2O4/c1-11-6-8-17(12(2)10-11)20-19(23)15(5)24-18(22)9-7-16-13(3)21-25-14(16)4/h6,8,10,15H,7,9H2,1-5H3,(H,20,23)/t15-/m0/s1. The molecule has 0 spiro atoms. The third-order valence-corrected chi connectivity index (χ3v) is 4.08. The molecule has 1 aromatic carbocycles. The van der Waals surface area contributed by atoms with Crippen LogP contribution in [0.3, 0.4) is 0 Å². The topological polar surface area (TPSA) is 81.4 Å². The van der Waals surface area contributed by atoms with Gasteiger partial charge in [-0.1, -0.05) is 22.9 Å². The molecule has 6 nitrogen and oxygen atoms in total. The number of benzene rings is 1. The van der Waals surface area contributed by atoms with Gasteiger partial charge in [-0.25, -0.2) is 0 Å². The van der Waals surface area contributed by atoms with E-state index in [0.717, 1.165) is 22.4 Å². The summed E-state index contributed by atoms with van der Waals surface area (Å²) in [6, 6.07) is 5.74. The van der Waals surface area contributed by atoms with Gasteiger partial charge >= 0.3 is 5.97 Å². The SMILES string of the molecule is Cc1ccc(NC(=O)[C@H](C)OC(=O)CCc2c(C)noc2C)c(C)c1. The molecule has 1 aromatic heterocycles. The number of ether oxygens (including phenoxy) is 1. The third kappa shape index (κ3) is 4.92. The molecule has 25 heavy (non-hydrogen) atoms. The number of carbonyl (C=O) groups excluding carboxylic acids is 2. The van der Waals surface area contributed by atoms with Crippen molar-refractivity contribution in [1.29, 1.82) is 0 Å². The van der Waals surface area contributed by atoms with E-state index in [0.29, 0.717) is 17.9 Å². The quantitative estimate of drug-likeness (QED) is 0.812. The molecular formula is C19H24N2O4. The van der Waals surface area contributed by atoms with Gasteiger partial charge in [-0.15, -0.1) is 0 Å². The Labute approximate surface area is 147 Å². The fourth-order valence-corrected chi connectivity index (χ4v) is 2.58. The summed E-state index contributed by atoms with van der Waals surface area (Å²) in [5.41, 5.74) is 4.48. The Hall–Kier alpha value is -2.63. The Morgan fingerprint density at radius 1 is 1.24 bits per heavy atom. The molecule has 1 atom stereocenters. The molecule has 6 heteroatoms. The number of aromatic nitrogens is 1. The van der Waals surface area contributed by atoms with Crippen LogP contribution in [-0.2, 0) is 20.7 Å². The average molecular weight is 344 g/mol. The molecule has 0 aliphatic rings. The maximum absolute atomic E-state index is 12.2. The summed E-state index contributed by atoms with van der Waals surface area (Å²) in [7, 11) is 0. The molecule has 0 saturated carbocycles. The highest BCUT2D eigenvalue weighted by atomic mass is 16.5. The van der Waals surface area contributed by atoms with Crippen molar-refractivity contribution >= 4 is 17.6 Å². The molecule has 2 aromatic rings. The van der Waals surface area contributed by atoms with Gasteiger partial charge in [0.25, 0.3) is 5.91 Å². The van der Waals surface area contributed by atoms with E-state index in [9.17, 15) is 9.59 Å². The van der Waals surface area contributed by atoms with E-state index in [1.165, 1.54) is 0 Å². The van der Waals surface area contributed by atoms with Gasteiger partial charge in [0.1, 0.15) is 5.76 Å². The number of hydrogen-bond donors (Lipinski definition) is 1. The van der Waals surface area contributed by atoms with Crippen molar-refractivity contribution in [2.75, 3.05) is 5.32 Å². The first-order valence-corrected chi connectivity index (χ1v) is 8.27. The smallest absolute Gasteiger partial charge is 0.306 e. The zero-order chi connectivity index (χ0) is 18.6. The van der Waals surface area contributed by atoms with Gasteiger partial charge in [0.05, 0.1) is 5.69 Å². The van der Waals surface area contributed by atoms with Crippen molar-refractivity contribution in [3.8, 4) is 0 Å². The van der Waals surface area contributed by atoms with Crippen LogP contribution in [0.25, 0.3) is 0 Å². The number of carbonyl (C=O) groups is 2. The van der Waals surface area contributed by atoms with Crippen molar-refractivity contribution < 1.29 is 18.8 Å². The first-order valence-electron chi connectivity index (χ1n) is 8.27. The van der Waals surface area contributed by atoms with Gasteiger partial charge in [-0.2, -0.15) is 0 Å². The van der Waals surface area contributed by atoms with E-state index in [1.807, 2.05) is 39.0 Å². The summed E-state index contributed by atoms with van der Waals surface area (Å²) in [4.78, 5) is 24.2. The maximum atomic E-state index is 12.2. The molecule has 0 bridgehead atoms. The molecule has 1 amide bonds. The predicted molar refractivity (Wildman–Crippen MR) is 94.4 cm³/mol. The lowest BCUT2D eigenvalue weighted by Gasteiger charge is -2.15. The molecule has 0 radical (unpaired) electrons. The molecule has 134 valence electrons. The van der Waals surface area contributed by atoms with Crippen molar-refractivity contribution in [1.82, 2.24) is 5.16 Å². The lowest BCUT2D eigenvalue weighted by molar-refractivity contribution is -0.153. The second kappa shape index (κ2) is 7.96. The van der Waals surface area contributed by atoms with Crippen molar-refractivity contribution in [2.45, 2.75) is 53.6 Å². The first-order chi connectivity index (χ1) is 11.8. The van der Waals surface area contributed by atoms with Crippen LogP contribution in [-0.4, -0.2) is 23.1 Å². The Kier molecular flexibility index (Phi) is 5.96. The summed E-state index contributed by atoms with van der Waals surface area (Å²) in [6.45, 7) is 9.11. The number of anilines is 1. The zero-order valence-electron chi connectivity index (χ0n) is 15.3. The van der Waals surface area contributed by atoms with Crippen LogP contribution in [0.4, 0.5) is 5.69 Å². The number of esters is 1. The fourth-order valence-electron chi connectivity index (χ4n) is 2.58. The second-order valence-electron chi connectivity index (χ2n) is 6.24. The van der Waals surface area contributed by atoms with Crippen LogP contribution in [0.1, 0.15) is 41.5 Å². The van der Waals surface area contributed by atoms with E-state index < -0.39 is 12.1 Å². The van der Waals surface area contributed by atoms with Gasteiger partial charge in [0.15, 0.2) is 6.10 Å². The highest BCUT2D eigenvalue weighted by Crippen LogP contribution is 2.17. The number of aryl methyl sites for hydroxylation is 4. The highest BCUT2D eigenvalue weighted by Gasteiger charge is 2.19. The Morgan fingerprint density at radius 3 is 2.56 bits per heavy atom. The largest absolute Gasteiger partial charge is 0.453 e. The van der Waals surface area contributed by atoms with Crippen LogP contribution >= 0.6 is 0 Å². The average Bonchev–Trinajstić information content (AvgIpc) is 2.86. The minimum absolute atomic E-state index is 0.171. The van der Waals surface area contributed by atoms with Crippen LogP contribution in [0.15, 0.2) is 22.7 Å². The molecule has 0 aliphatic carbocycles. The summed E-state index contributed by atoms with van der Waals surface area (Å²) >= 11 is 0. The number of amides is 1. The van der Waals surface area contributed by atoms with Crippen molar-refractivity contribution in [2.24, 2.45) is 0 Å². The molecule has 0 aliphatic heterocycles. The Morgan fingerprint density at radius 2 is 1.96 bits per heavy atom. The molecule has 2 rings (SSSR count). The minimum atomic E-state index is -0.863. The molecule has 0 fully saturated rings. The number of nitrogens with one attached hydrogen (secondary N) is 1. The van der Waals surface area contributed by atoms with Crippen molar-refractivity contribution in [3.63, 3.8) is 0 Å². The lowest BCUT2D eigenvalue weighted by atomic mass is 10.1. The molecule has 1 N–H and O–H groups in total. The zero-order valence-corrected chi connectivity index (χ0v) is 15.3. The van der Waals surface area contributed by atoms with Gasteiger partial charge in [0.2, 0.25) is 0 Å². The normalized spacial score (nSPS) is 11.9. The maximum Gasteiger partial charge on any atom is 0.306 e. The summed E-state index contributed by atoms with van der Waals surface area (Å²) in [6.07, 6.45) is -0.215. The first kappa shape index (κ1) is 18.7. The predicted octanol–water partition coefficient (Wildman–Crippen LogP) is 3.41. The van der Waals surface area contributed by atoms with Gasteiger partial charge in [-0.05, 0) is 52.7 Å². The van der Waals surface area contributed by atoms with E-state index >= 15 is 0 Å². The molecular weight excluding hydrogens is 320 g/mol. The van der Waals surface area contributed by atoms with Gasteiger partial charge in [0, 0.05) is 17.7 Å². The summed E-state index contributed by atoms with van der Waals surface area (Å²) in [5, 5.41) is 6.64. The fraction of sp³-hybridized carbons (Fsp3) is 0.421. The van der Waals surface area contributed by atoms with E-state index in [2.05, 4.69) is 10.5 Å². The summed E-state index contributed by atoms with van der Waals surface area (Å²) < 4.78 is 10.3. The number of nitrogens with zero attached hydrogens (tertiary/aromatic N) is 1. The Bertz CT molecular complexity index is 760. The van der Waals surface area contributed by atoms with Crippen LogP contribution in [0.5, 0.6) is 0 Å². The molecule has 0 unspecified atom stereocenters. The number of hydrogen-bond acceptors (Lipinski definition) is 5. The number of rotatable bonds is 6. The van der Waals surface area contributed by atoms with E-state index in [4.69, 9.17) is 9.26 Å². The van der Waals surface area contributed by atoms with Crippen LogP contribution < -0.4 is 5.32 Å². The van der Waals surface area contributed by atoms with Gasteiger partial charge < -0.3 is 14.6 Å².